The number of thioether (sulfide) groups is 1. The topological polar surface area (TPSA) is 83.6 Å². The molecule has 3 rings (SSSR count). The lowest BCUT2D eigenvalue weighted by Crippen LogP contribution is -2.22. The van der Waals surface area contributed by atoms with Gasteiger partial charge in [-0.05, 0) is 43.3 Å². The van der Waals surface area contributed by atoms with Crippen LogP contribution in [0.1, 0.15) is 6.92 Å². The Balaban J connectivity index is 1.62. The van der Waals surface area contributed by atoms with Crippen molar-refractivity contribution >= 4 is 39.3 Å². The van der Waals surface area contributed by atoms with E-state index in [1.807, 2.05) is 43.3 Å². The van der Waals surface area contributed by atoms with Crippen LogP contribution < -0.4 is 5.32 Å². The fraction of sp³-hybridized carbons (Fsp3) is 0.125. The maximum Gasteiger partial charge on any atom is 0.237 e. The number of hydrogen-bond donors (Lipinski definition) is 2. The summed E-state index contributed by atoms with van der Waals surface area (Å²) in [6.07, 6.45) is 3.39. The monoisotopic (exact) mass is 403 g/mol. The Hall–Kier alpha value is -2.19. The standard InChI is InChI=1S/C16H14BrN5OS/c1-10(15(23)19-13-4-2-12(17)3-5-13)24-16-20-14(21-22-16)11-6-8-18-9-7-11/h2-10H,1H3,(H,19,23)(H,20,21,22)/t10-/m1/s1. The minimum absolute atomic E-state index is 0.0995. The van der Waals surface area contributed by atoms with E-state index in [-0.39, 0.29) is 11.2 Å². The van der Waals surface area contributed by atoms with Crippen LogP contribution in [0.5, 0.6) is 0 Å². The molecule has 1 aromatic carbocycles. The molecule has 3 aromatic rings. The van der Waals surface area contributed by atoms with Crippen LogP contribution in [0.3, 0.4) is 0 Å². The first kappa shape index (κ1) is 16.7. The fourth-order valence-electron chi connectivity index (χ4n) is 1.93. The highest BCUT2D eigenvalue weighted by Gasteiger charge is 2.17. The van der Waals surface area contributed by atoms with Gasteiger partial charge in [-0.2, -0.15) is 0 Å². The first-order chi connectivity index (χ1) is 11.6. The van der Waals surface area contributed by atoms with Crippen LogP contribution in [0.15, 0.2) is 58.4 Å². The number of aromatic nitrogens is 4. The van der Waals surface area contributed by atoms with Gasteiger partial charge in [-0.1, -0.05) is 27.7 Å². The molecule has 8 heteroatoms. The number of carbonyl (C=O) groups excluding carboxylic acids is 1. The maximum atomic E-state index is 12.3. The molecule has 2 aromatic heterocycles. The summed E-state index contributed by atoms with van der Waals surface area (Å²) < 4.78 is 0.965. The van der Waals surface area contributed by atoms with Gasteiger partial charge >= 0.3 is 0 Å². The number of rotatable bonds is 5. The molecule has 24 heavy (non-hydrogen) atoms. The summed E-state index contributed by atoms with van der Waals surface area (Å²) in [5.74, 6) is 0.554. The number of nitrogens with one attached hydrogen (secondary N) is 2. The van der Waals surface area contributed by atoms with Crippen LogP contribution in [0.2, 0.25) is 0 Å². The number of hydrogen-bond acceptors (Lipinski definition) is 5. The van der Waals surface area contributed by atoms with Gasteiger partial charge in [0.2, 0.25) is 11.1 Å². The molecule has 1 atom stereocenters. The molecule has 0 radical (unpaired) electrons. The summed E-state index contributed by atoms with van der Waals surface area (Å²) in [5, 5.41) is 10.1. The summed E-state index contributed by atoms with van der Waals surface area (Å²) in [6, 6.07) is 11.1. The molecule has 0 aliphatic carbocycles. The number of H-pyrrole nitrogens is 1. The lowest BCUT2D eigenvalue weighted by Gasteiger charge is -2.10. The third kappa shape index (κ3) is 4.21. The molecule has 0 spiro atoms. The van der Waals surface area contributed by atoms with Crippen molar-refractivity contribution in [3.05, 3.63) is 53.3 Å². The highest BCUT2D eigenvalue weighted by atomic mass is 79.9. The lowest BCUT2D eigenvalue weighted by molar-refractivity contribution is -0.115. The zero-order valence-electron chi connectivity index (χ0n) is 12.7. The minimum atomic E-state index is -0.324. The molecule has 0 fully saturated rings. The fourth-order valence-corrected chi connectivity index (χ4v) is 2.92. The highest BCUT2D eigenvalue weighted by Crippen LogP contribution is 2.23. The van der Waals surface area contributed by atoms with Crippen LogP contribution in [0.4, 0.5) is 5.69 Å². The predicted octanol–water partition coefficient (Wildman–Crippen LogP) is 3.75. The molecular weight excluding hydrogens is 390 g/mol. The first-order valence-electron chi connectivity index (χ1n) is 7.18. The maximum absolute atomic E-state index is 12.3. The average Bonchev–Trinajstić information content (AvgIpc) is 3.06. The zero-order valence-corrected chi connectivity index (χ0v) is 15.1. The molecule has 0 aliphatic rings. The zero-order chi connectivity index (χ0) is 16.9. The molecule has 0 saturated carbocycles. The number of halogens is 1. The molecule has 2 heterocycles. The van der Waals surface area contributed by atoms with Crippen molar-refractivity contribution in [2.45, 2.75) is 17.3 Å². The van der Waals surface area contributed by atoms with Gasteiger partial charge in [-0.15, -0.1) is 5.10 Å². The molecule has 0 unspecified atom stereocenters. The Bertz CT molecular complexity index is 822. The Morgan fingerprint density at radius 1 is 1.21 bits per heavy atom. The normalized spacial score (nSPS) is 11.9. The van der Waals surface area contributed by atoms with Gasteiger partial charge in [0.15, 0.2) is 5.82 Å². The van der Waals surface area contributed by atoms with Crippen LogP contribution in [0.25, 0.3) is 11.4 Å². The van der Waals surface area contributed by atoms with Crippen molar-refractivity contribution in [3.8, 4) is 11.4 Å². The van der Waals surface area contributed by atoms with E-state index in [0.717, 1.165) is 15.7 Å². The van der Waals surface area contributed by atoms with Crippen molar-refractivity contribution in [3.63, 3.8) is 0 Å². The van der Waals surface area contributed by atoms with E-state index in [1.165, 1.54) is 11.8 Å². The van der Waals surface area contributed by atoms with E-state index in [4.69, 9.17) is 0 Å². The van der Waals surface area contributed by atoms with E-state index < -0.39 is 0 Å². The third-order valence-corrected chi connectivity index (χ3v) is 4.67. The smallest absolute Gasteiger partial charge is 0.237 e. The summed E-state index contributed by atoms with van der Waals surface area (Å²) in [7, 11) is 0. The van der Waals surface area contributed by atoms with Gasteiger partial charge in [0.05, 0.1) is 5.25 Å². The predicted molar refractivity (Wildman–Crippen MR) is 97.7 cm³/mol. The summed E-state index contributed by atoms with van der Waals surface area (Å²) in [5.41, 5.74) is 1.65. The summed E-state index contributed by atoms with van der Waals surface area (Å²) in [4.78, 5) is 20.6. The number of benzene rings is 1. The Kier molecular flexibility index (Phi) is 5.27. The van der Waals surface area contributed by atoms with E-state index in [2.05, 4.69) is 41.4 Å². The second-order valence-electron chi connectivity index (χ2n) is 4.96. The summed E-state index contributed by atoms with van der Waals surface area (Å²) >= 11 is 4.66. The van der Waals surface area contributed by atoms with E-state index >= 15 is 0 Å². The number of anilines is 1. The number of amides is 1. The lowest BCUT2D eigenvalue weighted by atomic mass is 10.3. The number of aromatic amines is 1. The van der Waals surface area contributed by atoms with Gasteiger partial charge in [-0.3, -0.25) is 14.9 Å². The molecule has 2 N–H and O–H groups in total. The molecule has 0 bridgehead atoms. The van der Waals surface area contributed by atoms with Crippen molar-refractivity contribution < 1.29 is 4.79 Å². The number of carbonyl (C=O) groups is 1. The van der Waals surface area contributed by atoms with Crippen LogP contribution in [-0.4, -0.2) is 31.3 Å². The quantitative estimate of drug-likeness (QED) is 0.633. The van der Waals surface area contributed by atoms with Crippen molar-refractivity contribution in [2.75, 3.05) is 5.32 Å². The molecule has 6 nitrogen and oxygen atoms in total. The van der Waals surface area contributed by atoms with E-state index in [1.54, 1.807) is 12.4 Å². The highest BCUT2D eigenvalue weighted by molar-refractivity contribution is 9.10. The molecule has 0 saturated heterocycles. The van der Waals surface area contributed by atoms with Gasteiger partial charge in [0, 0.05) is 28.1 Å². The van der Waals surface area contributed by atoms with Gasteiger partial charge in [0.1, 0.15) is 0 Å². The number of nitrogens with zero attached hydrogens (tertiary/aromatic N) is 3. The van der Waals surface area contributed by atoms with Gasteiger partial charge in [-0.25, -0.2) is 4.98 Å². The Labute approximate surface area is 151 Å². The second-order valence-corrected chi connectivity index (χ2v) is 7.18. The minimum Gasteiger partial charge on any atom is -0.325 e. The largest absolute Gasteiger partial charge is 0.325 e. The van der Waals surface area contributed by atoms with E-state index in [0.29, 0.717) is 11.0 Å². The van der Waals surface area contributed by atoms with Crippen molar-refractivity contribution in [1.29, 1.82) is 0 Å². The molecule has 122 valence electrons. The van der Waals surface area contributed by atoms with Crippen molar-refractivity contribution in [2.24, 2.45) is 0 Å². The van der Waals surface area contributed by atoms with E-state index in [9.17, 15) is 4.79 Å². The van der Waals surface area contributed by atoms with Gasteiger partial charge < -0.3 is 5.32 Å². The van der Waals surface area contributed by atoms with Crippen LogP contribution in [0, 0.1) is 0 Å². The second kappa shape index (κ2) is 7.59. The molecular formula is C16H14BrN5OS. The first-order valence-corrected chi connectivity index (χ1v) is 8.85. The SMILES string of the molecule is C[C@@H](Sc1n[nH]c(-c2ccncc2)n1)C(=O)Nc1ccc(Br)cc1. The average molecular weight is 404 g/mol. The van der Waals surface area contributed by atoms with Crippen LogP contribution >= 0.6 is 27.7 Å². The molecule has 0 aliphatic heterocycles. The van der Waals surface area contributed by atoms with Crippen LogP contribution in [-0.2, 0) is 4.79 Å². The third-order valence-electron chi connectivity index (χ3n) is 3.18. The molecule has 1 amide bonds. The Morgan fingerprint density at radius 2 is 1.92 bits per heavy atom. The van der Waals surface area contributed by atoms with Crippen molar-refractivity contribution in [1.82, 2.24) is 20.2 Å². The summed E-state index contributed by atoms with van der Waals surface area (Å²) in [6.45, 7) is 1.82. The number of pyridine rings is 1. The van der Waals surface area contributed by atoms with Gasteiger partial charge in [0.25, 0.3) is 0 Å². The Morgan fingerprint density at radius 3 is 2.62 bits per heavy atom.